The van der Waals surface area contributed by atoms with Gasteiger partial charge in [-0.3, -0.25) is 14.5 Å². The maximum Gasteiger partial charge on any atom is 0.303 e. The first-order valence-corrected chi connectivity index (χ1v) is 7.78. The van der Waals surface area contributed by atoms with Gasteiger partial charge in [-0.2, -0.15) is 0 Å². The molecule has 0 aromatic heterocycles. The van der Waals surface area contributed by atoms with Gasteiger partial charge in [0.05, 0.1) is 5.92 Å². The van der Waals surface area contributed by atoms with Gasteiger partial charge in [0.2, 0.25) is 5.91 Å². The normalized spacial score (nSPS) is 23.5. The SMILES string of the molecule is CCCCNC(=O)[C@H]1CC[C@@H](C)N(CCCC(=O)O)C1. The van der Waals surface area contributed by atoms with Crippen molar-refractivity contribution in [1.29, 1.82) is 0 Å². The number of nitrogens with zero attached hydrogens (tertiary/aromatic N) is 1. The number of nitrogens with one attached hydrogen (secondary N) is 1. The quantitative estimate of drug-likeness (QED) is 0.668. The molecule has 5 nitrogen and oxygen atoms in total. The third kappa shape index (κ3) is 5.90. The third-order valence-corrected chi connectivity index (χ3v) is 4.05. The zero-order chi connectivity index (χ0) is 15.0. The summed E-state index contributed by atoms with van der Waals surface area (Å²) in [4.78, 5) is 24.9. The lowest BCUT2D eigenvalue weighted by atomic mass is 9.92. The van der Waals surface area contributed by atoms with Crippen molar-refractivity contribution in [3.05, 3.63) is 0 Å². The van der Waals surface area contributed by atoms with E-state index in [1.807, 2.05) is 0 Å². The molecule has 1 fully saturated rings. The summed E-state index contributed by atoms with van der Waals surface area (Å²) in [5.74, 6) is -0.523. The molecule has 1 aliphatic rings. The Hall–Kier alpha value is -1.10. The lowest BCUT2D eigenvalue weighted by molar-refractivity contribution is -0.137. The van der Waals surface area contributed by atoms with E-state index >= 15 is 0 Å². The Morgan fingerprint density at radius 1 is 1.30 bits per heavy atom. The van der Waals surface area contributed by atoms with Crippen LogP contribution in [0.1, 0.15) is 52.4 Å². The van der Waals surface area contributed by atoms with E-state index in [0.717, 1.165) is 45.3 Å². The minimum atomic E-state index is -0.747. The van der Waals surface area contributed by atoms with Gasteiger partial charge in [0, 0.05) is 25.6 Å². The molecule has 1 saturated heterocycles. The summed E-state index contributed by atoms with van der Waals surface area (Å²) in [5, 5.41) is 11.7. The highest BCUT2D eigenvalue weighted by atomic mass is 16.4. The fraction of sp³-hybridized carbons (Fsp3) is 0.867. The number of amides is 1. The van der Waals surface area contributed by atoms with Gasteiger partial charge in [-0.1, -0.05) is 13.3 Å². The second-order valence-corrected chi connectivity index (χ2v) is 5.76. The Kier molecular flexibility index (Phi) is 7.59. The van der Waals surface area contributed by atoms with E-state index in [1.165, 1.54) is 0 Å². The van der Waals surface area contributed by atoms with Crippen molar-refractivity contribution in [2.24, 2.45) is 5.92 Å². The molecule has 20 heavy (non-hydrogen) atoms. The molecule has 0 spiro atoms. The third-order valence-electron chi connectivity index (χ3n) is 4.05. The van der Waals surface area contributed by atoms with Gasteiger partial charge in [-0.05, 0) is 39.2 Å². The van der Waals surface area contributed by atoms with Gasteiger partial charge in [0.1, 0.15) is 0 Å². The van der Waals surface area contributed by atoms with E-state index in [-0.39, 0.29) is 18.2 Å². The molecular formula is C15H28N2O3. The largest absolute Gasteiger partial charge is 0.481 e. The fourth-order valence-electron chi connectivity index (χ4n) is 2.67. The van der Waals surface area contributed by atoms with Gasteiger partial charge in [0.15, 0.2) is 0 Å². The van der Waals surface area contributed by atoms with E-state index < -0.39 is 5.97 Å². The Bertz CT molecular complexity index is 320. The second kappa shape index (κ2) is 8.95. The standard InChI is InChI=1S/C15H28N2O3/c1-3-4-9-16-15(20)13-8-7-12(2)17(11-13)10-5-6-14(18)19/h12-13H,3-11H2,1-2H3,(H,16,20)(H,18,19)/t12-,13+/m1/s1. The van der Waals surface area contributed by atoms with Crippen LogP contribution in [-0.2, 0) is 9.59 Å². The predicted molar refractivity (Wildman–Crippen MR) is 78.5 cm³/mol. The summed E-state index contributed by atoms with van der Waals surface area (Å²) in [7, 11) is 0. The van der Waals surface area contributed by atoms with E-state index in [4.69, 9.17) is 5.11 Å². The van der Waals surface area contributed by atoms with Crippen molar-refractivity contribution in [2.45, 2.75) is 58.4 Å². The molecule has 1 rings (SSSR count). The summed E-state index contributed by atoms with van der Waals surface area (Å²) >= 11 is 0. The zero-order valence-corrected chi connectivity index (χ0v) is 12.7. The van der Waals surface area contributed by atoms with Crippen LogP contribution in [0.3, 0.4) is 0 Å². The van der Waals surface area contributed by atoms with Gasteiger partial charge >= 0.3 is 5.97 Å². The summed E-state index contributed by atoms with van der Waals surface area (Å²) in [6, 6.07) is 0.448. The highest BCUT2D eigenvalue weighted by Crippen LogP contribution is 2.22. The number of hydrogen-bond acceptors (Lipinski definition) is 3. The Morgan fingerprint density at radius 2 is 2.05 bits per heavy atom. The molecule has 5 heteroatoms. The average Bonchev–Trinajstić information content (AvgIpc) is 2.40. The molecule has 0 bridgehead atoms. The highest BCUT2D eigenvalue weighted by molar-refractivity contribution is 5.78. The fourth-order valence-corrected chi connectivity index (χ4v) is 2.67. The van der Waals surface area contributed by atoms with Crippen molar-refractivity contribution in [3.63, 3.8) is 0 Å². The van der Waals surface area contributed by atoms with Crippen LogP contribution >= 0.6 is 0 Å². The maximum atomic E-state index is 12.1. The number of likely N-dealkylation sites (tertiary alicyclic amines) is 1. The molecule has 0 aromatic rings. The molecular weight excluding hydrogens is 256 g/mol. The molecule has 0 saturated carbocycles. The van der Waals surface area contributed by atoms with Crippen molar-refractivity contribution < 1.29 is 14.7 Å². The first-order chi connectivity index (χ1) is 9.54. The van der Waals surface area contributed by atoms with Crippen LogP contribution in [-0.4, -0.2) is 47.6 Å². The highest BCUT2D eigenvalue weighted by Gasteiger charge is 2.29. The number of rotatable bonds is 8. The van der Waals surface area contributed by atoms with Crippen molar-refractivity contribution in [2.75, 3.05) is 19.6 Å². The molecule has 1 aliphatic heterocycles. The van der Waals surface area contributed by atoms with E-state index in [0.29, 0.717) is 12.5 Å². The lowest BCUT2D eigenvalue weighted by Gasteiger charge is -2.37. The molecule has 0 radical (unpaired) electrons. The first kappa shape index (κ1) is 17.0. The van der Waals surface area contributed by atoms with Crippen LogP contribution in [0.5, 0.6) is 0 Å². The van der Waals surface area contributed by atoms with E-state index in [9.17, 15) is 9.59 Å². The number of carbonyl (C=O) groups excluding carboxylic acids is 1. The van der Waals surface area contributed by atoms with Crippen molar-refractivity contribution >= 4 is 11.9 Å². The van der Waals surface area contributed by atoms with Crippen LogP contribution in [0.15, 0.2) is 0 Å². The molecule has 2 atom stereocenters. The number of carboxylic acids is 1. The maximum absolute atomic E-state index is 12.1. The topological polar surface area (TPSA) is 69.6 Å². The number of aliphatic carboxylic acids is 1. The molecule has 0 aromatic carbocycles. The Labute approximate surface area is 121 Å². The number of carboxylic acid groups (broad SMARTS) is 1. The van der Waals surface area contributed by atoms with Gasteiger partial charge in [-0.25, -0.2) is 0 Å². The second-order valence-electron chi connectivity index (χ2n) is 5.76. The van der Waals surface area contributed by atoms with Gasteiger partial charge in [0.25, 0.3) is 0 Å². The molecule has 2 N–H and O–H groups in total. The summed E-state index contributed by atoms with van der Waals surface area (Å²) in [6.07, 6.45) is 4.93. The van der Waals surface area contributed by atoms with Crippen molar-refractivity contribution in [1.82, 2.24) is 10.2 Å². The number of hydrogen-bond donors (Lipinski definition) is 2. The Morgan fingerprint density at radius 3 is 2.70 bits per heavy atom. The van der Waals surface area contributed by atoms with Gasteiger partial charge < -0.3 is 10.4 Å². The van der Waals surface area contributed by atoms with E-state index in [1.54, 1.807) is 0 Å². The number of piperidine rings is 1. The van der Waals surface area contributed by atoms with Crippen LogP contribution in [0.25, 0.3) is 0 Å². The van der Waals surface area contributed by atoms with Crippen LogP contribution in [0.2, 0.25) is 0 Å². The molecule has 1 amide bonds. The predicted octanol–water partition coefficient (Wildman–Crippen LogP) is 1.87. The minimum Gasteiger partial charge on any atom is -0.481 e. The minimum absolute atomic E-state index is 0.0629. The first-order valence-electron chi connectivity index (χ1n) is 7.78. The number of carbonyl (C=O) groups is 2. The lowest BCUT2D eigenvalue weighted by Crippen LogP contribution is -2.47. The number of unbranched alkanes of at least 4 members (excludes halogenated alkanes) is 1. The van der Waals surface area contributed by atoms with Crippen molar-refractivity contribution in [3.8, 4) is 0 Å². The summed E-state index contributed by atoms with van der Waals surface area (Å²) in [5.41, 5.74) is 0. The summed E-state index contributed by atoms with van der Waals surface area (Å²) < 4.78 is 0. The van der Waals surface area contributed by atoms with Crippen LogP contribution in [0.4, 0.5) is 0 Å². The van der Waals surface area contributed by atoms with Gasteiger partial charge in [-0.15, -0.1) is 0 Å². The molecule has 116 valence electrons. The smallest absolute Gasteiger partial charge is 0.303 e. The Balaban J connectivity index is 2.36. The average molecular weight is 284 g/mol. The molecule has 0 unspecified atom stereocenters. The van der Waals surface area contributed by atoms with E-state index in [2.05, 4.69) is 24.1 Å². The molecule has 0 aliphatic carbocycles. The van der Waals surface area contributed by atoms with Crippen LogP contribution < -0.4 is 5.32 Å². The van der Waals surface area contributed by atoms with Crippen LogP contribution in [0, 0.1) is 5.92 Å². The zero-order valence-electron chi connectivity index (χ0n) is 12.7. The monoisotopic (exact) mass is 284 g/mol. The molecule has 1 heterocycles. The summed E-state index contributed by atoms with van der Waals surface area (Å²) in [6.45, 7) is 6.57.